The Labute approximate surface area is 191 Å². The third-order valence-electron chi connectivity index (χ3n) is 5.04. The molecule has 3 aromatic rings. The van der Waals surface area contributed by atoms with Crippen molar-refractivity contribution in [2.75, 3.05) is 0 Å². The summed E-state index contributed by atoms with van der Waals surface area (Å²) in [7, 11) is 0. The summed E-state index contributed by atoms with van der Waals surface area (Å²) >= 11 is 12.2. The number of Topliss-reactive ketones (excluding diaryl/α,β-unsaturated/α-hetero) is 1. The number of hydrogen-bond acceptors (Lipinski definition) is 3. The molecule has 0 spiro atoms. The number of halogens is 3. The molecule has 2 heterocycles. The van der Waals surface area contributed by atoms with Crippen LogP contribution in [0.4, 0.5) is 5.69 Å². The van der Waals surface area contributed by atoms with Crippen molar-refractivity contribution in [3.63, 3.8) is 0 Å². The van der Waals surface area contributed by atoms with Gasteiger partial charge in [0.15, 0.2) is 11.5 Å². The topological polar surface area (TPSA) is 61.3 Å². The molecule has 0 radical (unpaired) electrons. The van der Waals surface area contributed by atoms with Crippen LogP contribution in [0.1, 0.15) is 29.5 Å². The van der Waals surface area contributed by atoms with Gasteiger partial charge in [0.25, 0.3) is 5.82 Å². The number of carbonyl (C=O) groups excluding carboxylic acids is 1. The number of ketones is 1. The summed E-state index contributed by atoms with van der Waals surface area (Å²) in [4.78, 5) is 15.5. The van der Waals surface area contributed by atoms with Crippen molar-refractivity contribution in [1.82, 2.24) is 4.57 Å². The molecule has 0 aliphatic carbocycles. The lowest BCUT2D eigenvalue weighted by Crippen LogP contribution is -2.43. The largest absolute Gasteiger partial charge is 0.859 e. The minimum Gasteiger partial charge on any atom is -0.859 e. The third kappa shape index (κ3) is 4.53. The molecular weight excluding hydrogens is 445 g/mol. The van der Waals surface area contributed by atoms with Crippen molar-refractivity contribution in [1.29, 1.82) is 0 Å². The van der Waals surface area contributed by atoms with Crippen molar-refractivity contribution in [2.45, 2.75) is 32.9 Å². The van der Waals surface area contributed by atoms with Gasteiger partial charge in [0.2, 0.25) is 0 Å². The van der Waals surface area contributed by atoms with Crippen LogP contribution in [-0.2, 0) is 19.5 Å². The number of imidazole rings is 1. The highest BCUT2D eigenvalue weighted by Crippen LogP contribution is 2.30. The van der Waals surface area contributed by atoms with Crippen LogP contribution in [0.5, 0.6) is 0 Å². The first-order valence-electron chi connectivity index (χ1n) is 9.35. The zero-order valence-electron chi connectivity index (χ0n) is 16.3. The van der Waals surface area contributed by atoms with Crippen LogP contribution in [0.3, 0.4) is 0 Å². The van der Waals surface area contributed by atoms with Crippen LogP contribution in [0, 0.1) is 0 Å². The summed E-state index contributed by atoms with van der Waals surface area (Å²) in [6.07, 6.45) is 3.91. The van der Waals surface area contributed by atoms with E-state index in [9.17, 15) is 9.90 Å². The van der Waals surface area contributed by atoms with Crippen LogP contribution in [-0.4, -0.2) is 16.2 Å². The minimum atomic E-state index is -0.244. The second-order valence-electron chi connectivity index (χ2n) is 7.05. The summed E-state index contributed by atoms with van der Waals surface area (Å²) in [5.41, 5.74) is 3.11. The molecule has 0 unspecified atom stereocenters. The standard InChI is InChI=1S/C22H19Cl2N3O2.ClH/c1-14(28)15-4-7-17(8-5-15)25-21(29)13-26-12-20(27-10-2-3-22(26)27)16-6-9-18(23)19(24)11-16;/h4-9,11-12H,2-3,10,13H2,1H3;1H. The molecule has 0 bridgehead atoms. The van der Waals surface area contributed by atoms with Crippen LogP contribution >= 0.6 is 35.6 Å². The van der Waals surface area contributed by atoms with Crippen molar-refractivity contribution >= 4 is 53.0 Å². The fraction of sp³-hybridized carbons (Fsp3) is 0.227. The first kappa shape index (κ1) is 22.3. The number of hydrogen-bond donors (Lipinski definition) is 0. The van der Waals surface area contributed by atoms with Gasteiger partial charge in [-0.15, -0.1) is 12.4 Å². The lowest BCUT2D eigenvalue weighted by Gasteiger charge is -2.09. The van der Waals surface area contributed by atoms with E-state index in [4.69, 9.17) is 23.2 Å². The van der Waals surface area contributed by atoms with E-state index in [1.807, 2.05) is 22.9 Å². The lowest BCUT2D eigenvalue weighted by molar-refractivity contribution is -0.693. The summed E-state index contributed by atoms with van der Waals surface area (Å²) in [6.45, 7) is 2.56. The van der Waals surface area contributed by atoms with Gasteiger partial charge in [-0.2, -0.15) is 0 Å². The van der Waals surface area contributed by atoms with E-state index < -0.39 is 0 Å². The van der Waals surface area contributed by atoms with Gasteiger partial charge in [0.05, 0.1) is 28.7 Å². The Kier molecular flexibility index (Phi) is 6.86. The molecule has 156 valence electrons. The molecular formula is C22H20Cl3N3O2. The molecule has 4 rings (SSSR count). The number of carbonyl (C=O) groups is 1. The molecule has 0 saturated carbocycles. The zero-order valence-corrected chi connectivity index (χ0v) is 18.6. The summed E-state index contributed by atoms with van der Waals surface area (Å²) in [6, 6.07) is 12.3. The summed E-state index contributed by atoms with van der Waals surface area (Å²) in [5.74, 6) is 0.839. The van der Waals surface area contributed by atoms with Crippen LogP contribution < -0.4 is 9.67 Å². The van der Waals surface area contributed by atoms with Gasteiger partial charge in [0.1, 0.15) is 12.7 Å². The fourth-order valence-electron chi connectivity index (χ4n) is 3.63. The van der Waals surface area contributed by atoms with Gasteiger partial charge in [0, 0.05) is 17.0 Å². The van der Waals surface area contributed by atoms with E-state index in [-0.39, 0.29) is 30.6 Å². The van der Waals surface area contributed by atoms with Crippen molar-refractivity contribution in [2.24, 2.45) is 4.99 Å². The molecule has 1 aromatic heterocycles. The molecule has 1 aliphatic heterocycles. The maximum Gasteiger partial charge on any atom is 0.257 e. The zero-order chi connectivity index (χ0) is 20.5. The van der Waals surface area contributed by atoms with E-state index in [1.165, 1.54) is 6.92 Å². The fourth-order valence-corrected chi connectivity index (χ4v) is 3.93. The lowest BCUT2D eigenvalue weighted by atomic mass is 10.1. The highest BCUT2D eigenvalue weighted by atomic mass is 35.5. The Bertz CT molecular complexity index is 1120. The highest BCUT2D eigenvalue weighted by molar-refractivity contribution is 6.42. The Morgan fingerprint density at radius 2 is 1.90 bits per heavy atom. The van der Waals surface area contributed by atoms with Gasteiger partial charge >= 0.3 is 0 Å². The first-order valence-corrected chi connectivity index (χ1v) is 10.1. The number of aromatic nitrogens is 2. The third-order valence-corrected chi connectivity index (χ3v) is 5.78. The van der Waals surface area contributed by atoms with E-state index in [2.05, 4.69) is 9.56 Å². The molecule has 8 heteroatoms. The predicted molar refractivity (Wildman–Crippen MR) is 119 cm³/mol. The van der Waals surface area contributed by atoms with Crippen LogP contribution in [0.15, 0.2) is 53.7 Å². The van der Waals surface area contributed by atoms with Crippen molar-refractivity contribution in [3.8, 4) is 11.3 Å². The van der Waals surface area contributed by atoms with Crippen LogP contribution in [0.25, 0.3) is 11.3 Å². The van der Waals surface area contributed by atoms with Gasteiger partial charge < -0.3 is 5.11 Å². The number of rotatable bonds is 5. The van der Waals surface area contributed by atoms with E-state index in [1.54, 1.807) is 30.3 Å². The van der Waals surface area contributed by atoms with E-state index in [0.717, 1.165) is 36.5 Å². The van der Waals surface area contributed by atoms with E-state index in [0.29, 0.717) is 21.3 Å². The molecule has 0 saturated heterocycles. The first-order chi connectivity index (χ1) is 13.9. The second-order valence-corrected chi connectivity index (χ2v) is 7.87. The van der Waals surface area contributed by atoms with Crippen LogP contribution in [0.2, 0.25) is 10.0 Å². The smallest absolute Gasteiger partial charge is 0.257 e. The minimum absolute atomic E-state index is 0. The maximum absolute atomic E-state index is 12.5. The number of benzene rings is 2. The average molecular weight is 465 g/mol. The Morgan fingerprint density at radius 1 is 1.17 bits per heavy atom. The normalized spacial score (nSPS) is 13.1. The molecule has 0 atom stereocenters. The SMILES string of the molecule is CC(=O)c1ccc(N=C([O-])C[n+]2cc(-c3ccc(Cl)c(Cl)c3)n3c2CCC3)cc1.Cl. The predicted octanol–water partition coefficient (Wildman–Crippen LogP) is 4.41. The summed E-state index contributed by atoms with van der Waals surface area (Å²) in [5, 5.41) is 13.6. The van der Waals surface area contributed by atoms with Gasteiger partial charge in [-0.05, 0) is 55.8 Å². The van der Waals surface area contributed by atoms with E-state index >= 15 is 0 Å². The number of fused-ring (bicyclic) bond motifs is 1. The Hall–Kier alpha value is -2.34. The highest BCUT2D eigenvalue weighted by Gasteiger charge is 2.28. The number of nitrogens with zero attached hydrogens (tertiary/aromatic N) is 3. The van der Waals surface area contributed by atoms with Gasteiger partial charge in [-0.25, -0.2) is 9.13 Å². The maximum atomic E-state index is 12.5. The molecule has 30 heavy (non-hydrogen) atoms. The monoisotopic (exact) mass is 463 g/mol. The average Bonchev–Trinajstić information content (AvgIpc) is 3.28. The molecule has 0 fully saturated rings. The quantitative estimate of drug-likeness (QED) is 0.243. The number of aliphatic imine (C=N–C) groups is 1. The molecule has 1 aliphatic rings. The molecule has 5 nitrogen and oxygen atoms in total. The molecule has 0 N–H and O–H groups in total. The van der Waals surface area contributed by atoms with Crippen molar-refractivity contribution < 1.29 is 14.5 Å². The summed E-state index contributed by atoms with van der Waals surface area (Å²) < 4.78 is 4.18. The molecule has 0 amide bonds. The van der Waals surface area contributed by atoms with Gasteiger partial charge in [-0.1, -0.05) is 23.2 Å². The Balaban J connectivity index is 0.00000256. The Morgan fingerprint density at radius 3 is 2.57 bits per heavy atom. The van der Waals surface area contributed by atoms with Crippen molar-refractivity contribution in [3.05, 3.63) is 70.1 Å². The van der Waals surface area contributed by atoms with Gasteiger partial charge in [-0.3, -0.25) is 9.79 Å². The molecule has 2 aromatic carbocycles. The second kappa shape index (κ2) is 9.21.